The van der Waals surface area contributed by atoms with E-state index in [1.165, 1.54) is 0 Å². The summed E-state index contributed by atoms with van der Waals surface area (Å²) in [5, 5.41) is 10.1. The van der Waals surface area contributed by atoms with Crippen molar-refractivity contribution in [1.82, 2.24) is 4.90 Å². The number of piperidine rings is 1. The minimum Gasteiger partial charge on any atom is -0.390 e. The molecule has 0 unspecified atom stereocenters. The highest BCUT2D eigenvalue weighted by Gasteiger charge is 2.35. The van der Waals surface area contributed by atoms with Crippen LogP contribution in [-0.4, -0.2) is 52.7 Å². The molecular weight excluding hydrogens is 230 g/mol. The number of hydrogen-bond donors (Lipinski definition) is 1. The quantitative estimate of drug-likeness (QED) is 0.762. The summed E-state index contributed by atoms with van der Waals surface area (Å²) in [7, 11) is 1.81. The summed E-state index contributed by atoms with van der Waals surface area (Å²) in [6.07, 6.45) is 5.25. The maximum atomic E-state index is 11.9. The fourth-order valence-electron chi connectivity index (χ4n) is 1.95. The normalized spacial score (nSPS) is 24.7. The lowest BCUT2D eigenvalue weighted by Crippen LogP contribution is -2.45. The van der Waals surface area contributed by atoms with Crippen LogP contribution in [0.5, 0.6) is 0 Å². The van der Waals surface area contributed by atoms with E-state index in [1.54, 1.807) is 28.4 Å². The number of aliphatic hydroxyl groups excluding tert-OH is 1. The van der Waals surface area contributed by atoms with Crippen molar-refractivity contribution in [2.45, 2.75) is 23.5 Å². The molecule has 15 heavy (non-hydrogen) atoms. The first-order chi connectivity index (χ1) is 7.11. The highest BCUT2D eigenvalue weighted by Crippen LogP contribution is 2.31. The van der Waals surface area contributed by atoms with Gasteiger partial charge in [0.25, 0.3) is 0 Å². The third-order valence-corrected chi connectivity index (χ3v) is 5.50. The van der Waals surface area contributed by atoms with Crippen molar-refractivity contribution in [3.63, 3.8) is 0 Å². The molecule has 0 aromatic carbocycles. The molecule has 0 radical (unpaired) electrons. The van der Waals surface area contributed by atoms with Gasteiger partial charge in [0.05, 0.1) is 16.6 Å². The SMILES string of the molecule is CSC(SC)[C@H](O)[C@H]1CCCN(C)C1=O. The largest absolute Gasteiger partial charge is 0.390 e. The molecule has 1 heterocycles. The molecule has 88 valence electrons. The fraction of sp³-hybridized carbons (Fsp3) is 0.900. The number of rotatable bonds is 4. The van der Waals surface area contributed by atoms with Gasteiger partial charge in [-0.05, 0) is 25.4 Å². The van der Waals surface area contributed by atoms with Gasteiger partial charge in [-0.15, -0.1) is 23.5 Å². The highest BCUT2D eigenvalue weighted by molar-refractivity contribution is 8.16. The lowest BCUT2D eigenvalue weighted by Gasteiger charge is -2.34. The molecule has 5 heteroatoms. The Kier molecular flexibility index (Phi) is 5.29. The molecule has 1 aliphatic rings. The fourth-order valence-corrected chi connectivity index (χ4v) is 3.65. The second kappa shape index (κ2) is 6.01. The number of aliphatic hydroxyl groups is 1. The molecule has 1 amide bonds. The molecule has 0 saturated carbocycles. The predicted octanol–water partition coefficient (Wildman–Crippen LogP) is 1.27. The van der Waals surface area contributed by atoms with E-state index in [-0.39, 0.29) is 16.4 Å². The minimum absolute atomic E-state index is 0.0989. The van der Waals surface area contributed by atoms with Crippen LogP contribution >= 0.6 is 23.5 Å². The van der Waals surface area contributed by atoms with Gasteiger partial charge in [-0.1, -0.05) is 0 Å². The van der Waals surface area contributed by atoms with E-state index in [9.17, 15) is 9.90 Å². The first-order valence-corrected chi connectivity index (χ1v) is 7.68. The van der Waals surface area contributed by atoms with Gasteiger partial charge in [-0.25, -0.2) is 0 Å². The predicted molar refractivity (Wildman–Crippen MR) is 67.2 cm³/mol. The lowest BCUT2D eigenvalue weighted by molar-refractivity contribution is -0.140. The number of hydrogen-bond acceptors (Lipinski definition) is 4. The van der Waals surface area contributed by atoms with Crippen LogP contribution < -0.4 is 0 Å². The zero-order valence-corrected chi connectivity index (χ0v) is 11.1. The lowest BCUT2D eigenvalue weighted by atomic mass is 9.92. The number of nitrogens with zero attached hydrogens (tertiary/aromatic N) is 1. The average Bonchev–Trinajstić information content (AvgIpc) is 2.23. The van der Waals surface area contributed by atoms with Crippen LogP contribution in [0.15, 0.2) is 0 Å². The Morgan fingerprint density at radius 3 is 2.60 bits per heavy atom. The van der Waals surface area contributed by atoms with E-state index < -0.39 is 6.10 Å². The summed E-state index contributed by atoms with van der Waals surface area (Å²) in [6, 6.07) is 0. The van der Waals surface area contributed by atoms with Crippen LogP contribution in [-0.2, 0) is 4.79 Å². The van der Waals surface area contributed by atoms with E-state index >= 15 is 0 Å². The maximum absolute atomic E-state index is 11.9. The minimum atomic E-state index is -0.523. The van der Waals surface area contributed by atoms with Gasteiger partial charge in [0.15, 0.2) is 0 Å². The summed E-state index contributed by atoms with van der Waals surface area (Å²) in [5.41, 5.74) is 0. The van der Waals surface area contributed by atoms with Crippen LogP contribution in [0.25, 0.3) is 0 Å². The van der Waals surface area contributed by atoms with Crippen molar-refractivity contribution in [2.75, 3.05) is 26.1 Å². The molecule has 1 aliphatic heterocycles. The van der Waals surface area contributed by atoms with Gasteiger partial charge in [-0.2, -0.15) is 0 Å². The smallest absolute Gasteiger partial charge is 0.228 e. The topological polar surface area (TPSA) is 40.5 Å². The average molecular weight is 249 g/mol. The molecule has 0 aromatic heterocycles. The molecule has 0 spiro atoms. The first kappa shape index (κ1) is 13.2. The summed E-state index contributed by atoms with van der Waals surface area (Å²) in [6.45, 7) is 0.825. The van der Waals surface area contributed by atoms with Crippen LogP contribution in [0, 0.1) is 5.92 Å². The molecule has 0 aromatic rings. The van der Waals surface area contributed by atoms with Crippen LogP contribution in [0.1, 0.15) is 12.8 Å². The van der Waals surface area contributed by atoms with Crippen molar-refractivity contribution in [1.29, 1.82) is 0 Å². The van der Waals surface area contributed by atoms with Crippen molar-refractivity contribution >= 4 is 29.4 Å². The third-order valence-electron chi connectivity index (χ3n) is 2.86. The number of thioether (sulfide) groups is 2. The number of likely N-dealkylation sites (tertiary alicyclic amines) is 1. The maximum Gasteiger partial charge on any atom is 0.228 e. The monoisotopic (exact) mass is 249 g/mol. The summed E-state index contributed by atoms with van der Waals surface area (Å²) in [5.74, 6) is -0.101. The molecule has 1 saturated heterocycles. The molecule has 1 N–H and O–H groups in total. The Balaban J connectivity index is 2.64. The third kappa shape index (κ3) is 3.04. The van der Waals surface area contributed by atoms with Crippen molar-refractivity contribution < 1.29 is 9.90 Å². The second-order valence-corrected chi connectivity index (χ2v) is 6.10. The van der Waals surface area contributed by atoms with E-state index in [0.717, 1.165) is 19.4 Å². The zero-order valence-electron chi connectivity index (χ0n) is 9.47. The Labute approximate surface area is 100.0 Å². The highest BCUT2D eigenvalue weighted by atomic mass is 32.2. The van der Waals surface area contributed by atoms with E-state index in [1.807, 2.05) is 19.6 Å². The van der Waals surface area contributed by atoms with Crippen LogP contribution in [0.4, 0.5) is 0 Å². The van der Waals surface area contributed by atoms with Gasteiger partial charge < -0.3 is 10.0 Å². The summed E-state index contributed by atoms with van der Waals surface area (Å²) >= 11 is 3.23. The van der Waals surface area contributed by atoms with Gasteiger partial charge in [-0.3, -0.25) is 4.79 Å². The van der Waals surface area contributed by atoms with Crippen molar-refractivity contribution in [2.24, 2.45) is 5.92 Å². The van der Waals surface area contributed by atoms with Crippen LogP contribution in [0.3, 0.4) is 0 Å². The Morgan fingerprint density at radius 1 is 1.47 bits per heavy atom. The number of carbonyl (C=O) groups is 1. The zero-order chi connectivity index (χ0) is 11.4. The number of amides is 1. The second-order valence-electron chi connectivity index (χ2n) is 3.84. The molecular formula is C10H19NO2S2. The van der Waals surface area contributed by atoms with Gasteiger partial charge in [0, 0.05) is 13.6 Å². The first-order valence-electron chi connectivity index (χ1n) is 5.10. The number of carbonyl (C=O) groups excluding carboxylic acids is 1. The van der Waals surface area contributed by atoms with Crippen molar-refractivity contribution in [3.05, 3.63) is 0 Å². The van der Waals surface area contributed by atoms with Gasteiger partial charge in [0.2, 0.25) is 5.91 Å². The Hall–Kier alpha value is 0.130. The molecule has 1 fully saturated rings. The van der Waals surface area contributed by atoms with Crippen LogP contribution in [0.2, 0.25) is 0 Å². The van der Waals surface area contributed by atoms with Gasteiger partial charge >= 0.3 is 0 Å². The summed E-state index contributed by atoms with van der Waals surface area (Å²) < 4.78 is 0.102. The Morgan fingerprint density at radius 2 is 2.07 bits per heavy atom. The van der Waals surface area contributed by atoms with E-state index in [4.69, 9.17) is 0 Å². The Bertz CT molecular complexity index is 221. The van der Waals surface area contributed by atoms with Gasteiger partial charge in [0.1, 0.15) is 0 Å². The summed E-state index contributed by atoms with van der Waals surface area (Å²) in [4.78, 5) is 13.6. The van der Waals surface area contributed by atoms with E-state index in [0.29, 0.717) is 0 Å². The van der Waals surface area contributed by atoms with Crippen molar-refractivity contribution in [3.8, 4) is 0 Å². The molecule has 3 nitrogen and oxygen atoms in total. The molecule has 1 rings (SSSR count). The molecule has 2 atom stereocenters. The molecule has 0 bridgehead atoms. The van der Waals surface area contributed by atoms with E-state index in [2.05, 4.69) is 0 Å². The molecule has 0 aliphatic carbocycles. The standard InChI is InChI=1S/C10H19NO2S2/c1-11-6-4-5-7(9(11)13)8(12)10(14-2)15-3/h7-8,10,12H,4-6H2,1-3H3/t7-,8-/m1/s1.